The number of benzene rings is 1. The summed E-state index contributed by atoms with van der Waals surface area (Å²) in [6.45, 7) is 4.04. The molecule has 0 saturated carbocycles. The van der Waals surface area contributed by atoms with Crippen molar-refractivity contribution in [2.75, 3.05) is 12.8 Å². The summed E-state index contributed by atoms with van der Waals surface area (Å²) in [5.41, 5.74) is 0.934. The number of hydrogen-bond acceptors (Lipinski definition) is 3. The summed E-state index contributed by atoms with van der Waals surface area (Å²) in [6.07, 6.45) is 3.57. The quantitative estimate of drug-likeness (QED) is 0.798. The lowest BCUT2D eigenvalue weighted by molar-refractivity contribution is 0.509. The van der Waals surface area contributed by atoms with E-state index < -0.39 is 9.84 Å². The third-order valence-corrected chi connectivity index (χ3v) is 5.31. The van der Waals surface area contributed by atoms with Crippen molar-refractivity contribution in [1.82, 2.24) is 5.32 Å². The van der Waals surface area contributed by atoms with Crippen LogP contribution in [0.25, 0.3) is 0 Å². The molecule has 19 heavy (non-hydrogen) atoms. The molecule has 108 valence electrons. The van der Waals surface area contributed by atoms with Gasteiger partial charge in [-0.15, -0.1) is 0 Å². The van der Waals surface area contributed by atoms with Crippen molar-refractivity contribution in [3.05, 3.63) is 29.8 Å². The van der Waals surface area contributed by atoms with E-state index in [2.05, 4.69) is 12.2 Å². The largest absolute Gasteiger partial charge is 0.317 e. The van der Waals surface area contributed by atoms with E-state index in [1.54, 1.807) is 12.1 Å². The molecule has 1 unspecified atom stereocenters. The summed E-state index contributed by atoms with van der Waals surface area (Å²) in [5.74, 6) is 0.224. The minimum absolute atomic E-state index is 0.224. The van der Waals surface area contributed by atoms with Crippen LogP contribution in [0.15, 0.2) is 29.2 Å². The Labute approximate surface area is 117 Å². The fraction of sp³-hybridized carbons (Fsp3) is 0.600. The Balaban J connectivity index is 3.02. The lowest BCUT2D eigenvalue weighted by Gasteiger charge is -2.17. The molecule has 0 spiro atoms. The molecule has 0 heterocycles. The van der Waals surface area contributed by atoms with Crippen LogP contribution >= 0.6 is 0 Å². The van der Waals surface area contributed by atoms with Gasteiger partial charge in [-0.1, -0.05) is 38.5 Å². The monoisotopic (exact) mass is 283 g/mol. The van der Waals surface area contributed by atoms with Gasteiger partial charge in [-0.25, -0.2) is 8.42 Å². The van der Waals surface area contributed by atoms with Gasteiger partial charge in [-0.3, -0.25) is 0 Å². The van der Waals surface area contributed by atoms with Gasteiger partial charge < -0.3 is 5.32 Å². The maximum Gasteiger partial charge on any atom is 0.178 e. The molecule has 1 atom stereocenters. The first-order chi connectivity index (χ1) is 9.05. The zero-order valence-corrected chi connectivity index (χ0v) is 13.0. The van der Waals surface area contributed by atoms with Crippen LogP contribution in [0.4, 0.5) is 0 Å². The first-order valence-electron chi connectivity index (χ1n) is 7.03. The smallest absolute Gasteiger partial charge is 0.178 e. The summed E-state index contributed by atoms with van der Waals surface area (Å²) >= 11 is 0. The van der Waals surface area contributed by atoms with Gasteiger partial charge >= 0.3 is 0 Å². The second-order valence-corrected chi connectivity index (χ2v) is 6.98. The van der Waals surface area contributed by atoms with Gasteiger partial charge in [-0.2, -0.15) is 0 Å². The molecule has 1 rings (SSSR count). The van der Waals surface area contributed by atoms with Crippen molar-refractivity contribution >= 4 is 9.84 Å². The van der Waals surface area contributed by atoms with E-state index in [1.165, 1.54) is 0 Å². The van der Waals surface area contributed by atoms with Crippen LogP contribution in [-0.4, -0.2) is 27.3 Å². The van der Waals surface area contributed by atoms with Gasteiger partial charge in [0.05, 0.1) is 10.6 Å². The van der Waals surface area contributed by atoms with Gasteiger partial charge in [-0.05, 0) is 37.9 Å². The van der Waals surface area contributed by atoms with Gasteiger partial charge in [0, 0.05) is 6.04 Å². The normalized spacial score (nSPS) is 13.4. The van der Waals surface area contributed by atoms with Gasteiger partial charge in [0.1, 0.15) is 0 Å². The van der Waals surface area contributed by atoms with Gasteiger partial charge in [0.2, 0.25) is 0 Å². The molecule has 0 saturated heterocycles. The minimum Gasteiger partial charge on any atom is -0.317 e. The van der Waals surface area contributed by atoms with E-state index in [1.807, 2.05) is 26.1 Å². The molecule has 0 aliphatic heterocycles. The Morgan fingerprint density at radius 1 is 1.16 bits per heavy atom. The maximum absolute atomic E-state index is 12.3. The van der Waals surface area contributed by atoms with Crippen molar-refractivity contribution in [1.29, 1.82) is 0 Å². The fourth-order valence-electron chi connectivity index (χ4n) is 2.32. The Hall–Kier alpha value is -0.870. The van der Waals surface area contributed by atoms with Gasteiger partial charge in [0.25, 0.3) is 0 Å². The van der Waals surface area contributed by atoms with Crippen LogP contribution in [0, 0.1) is 0 Å². The summed E-state index contributed by atoms with van der Waals surface area (Å²) in [7, 11) is -1.20. The second-order valence-electron chi connectivity index (χ2n) is 4.90. The van der Waals surface area contributed by atoms with E-state index in [4.69, 9.17) is 0 Å². The molecule has 0 aromatic heterocycles. The third kappa shape index (κ3) is 4.62. The topological polar surface area (TPSA) is 46.2 Å². The molecule has 0 radical (unpaired) electrons. The number of rotatable bonds is 8. The first kappa shape index (κ1) is 16.2. The average molecular weight is 283 g/mol. The van der Waals surface area contributed by atoms with E-state index >= 15 is 0 Å². The number of likely N-dealkylation sites (N-methyl/N-ethyl adjacent to an activating group) is 1. The van der Waals surface area contributed by atoms with Crippen LogP contribution < -0.4 is 5.32 Å². The standard InChI is InChI=1S/C15H25NO2S/c1-4-8-14(16-3)12-13-9-6-7-10-15(13)19(17,18)11-5-2/h6-7,9-10,14,16H,4-5,8,11-12H2,1-3H3. The van der Waals surface area contributed by atoms with Crippen LogP contribution in [0.2, 0.25) is 0 Å². The van der Waals surface area contributed by atoms with Crippen LogP contribution in [0.3, 0.4) is 0 Å². The Bertz CT molecular complexity index is 483. The SMILES string of the molecule is CCCC(Cc1ccccc1S(=O)(=O)CCC)NC. The predicted molar refractivity (Wildman–Crippen MR) is 80.2 cm³/mol. The molecule has 0 aliphatic rings. The molecule has 0 fully saturated rings. The molecule has 4 heteroatoms. The van der Waals surface area contributed by atoms with Crippen molar-refractivity contribution in [3.63, 3.8) is 0 Å². The molecule has 1 N–H and O–H groups in total. The lowest BCUT2D eigenvalue weighted by atomic mass is 10.0. The zero-order valence-electron chi connectivity index (χ0n) is 12.1. The molecule has 3 nitrogen and oxygen atoms in total. The molecule has 0 amide bonds. The Morgan fingerprint density at radius 2 is 1.84 bits per heavy atom. The zero-order chi connectivity index (χ0) is 14.3. The van der Waals surface area contributed by atoms with Crippen LogP contribution in [-0.2, 0) is 16.3 Å². The number of hydrogen-bond donors (Lipinski definition) is 1. The van der Waals surface area contributed by atoms with Crippen molar-refractivity contribution in [3.8, 4) is 0 Å². The minimum atomic E-state index is -3.14. The van der Waals surface area contributed by atoms with E-state index in [0.717, 1.165) is 24.8 Å². The molecular formula is C15H25NO2S. The predicted octanol–water partition coefficient (Wildman–Crippen LogP) is 2.80. The highest BCUT2D eigenvalue weighted by atomic mass is 32.2. The number of sulfone groups is 1. The van der Waals surface area contributed by atoms with Gasteiger partial charge in [0.15, 0.2) is 9.84 Å². The molecule has 1 aromatic rings. The molecular weight excluding hydrogens is 258 g/mol. The van der Waals surface area contributed by atoms with Crippen LogP contribution in [0.5, 0.6) is 0 Å². The highest BCUT2D eigenvalue weighted by Gasteiger charge is 2.18. The average Bonchev–Trinajstić information content (AvgIpc) is 2.38. The van der Waals surface area contributed by atoms with Crippen LogP contribution in [0.1, 0.15) is 38.7 Å². The molecule has 0 aliphatic carbocycles. The summed E-state index contributed by atoms with van der Waals surface area (Å²) < 4.78 is 24.5. The van der Waals surface area contributed by atoms with Crippen molar-refractivity contribution in [2.24, 2.45) is 0 Å². The summed E-state index contributed by atoms with van der Waals surface area (Å²) in [5, 5.41) is 3.27. The first-order valence-corrected chi connectivity index (χ1v) is 8.68. The summed E-state index contributed by atoms with van der Waals surface area (Å²) in [4.78, 5) is 0.508. The summed E-state index contributed by atoms with van der Waals surface area (Å²) in [6, 6.07) is 7.73. The fourth-order valence-corrected chi connectivity index (χ4v) is 3.91. The van der Waals surface area contributed by atoms with Crippen molar-refractivity contribution in [2.45, 2.75) is 50.5 Å². The highest BCUT2D eigenvalue weighted by Crippen LogP contribution is 2.20. The Morgan fingerprint density at radius 3 is 2.42 bits per heavy atom. The Kier molecular flexibility index (Phi) is 6.52. The lowest BCUT2D eigenvalue weighted by Crippen LogP contribution is -2.28. The van der Waals surface area contributed by atoms with Crippen molar-refractivity contribution < 1.29 is 8.42 Å². The maximum atomic E-state index is 12.3. The third-order valence-electron chi connectivity index (χ3n) is 3.29. The molecule has 1 aromatic carbocycles. The van der Waals surface area contributed by atoms with E-state index in [-0.39, 0.29) is 5.75 Å². The second kappa shape index (κ2) is 7.65. The van der Waals surface area contributed by atoms with E-state index in [9.17, 15) is 8.42 Å². The molecule has 0 bridgehead atoms. The number of nitrogens with one attached hydrogen (secondary N) is 1. The van der Waals surface area contributed by atoms with E-state index in [0.29, 0.717) is 17.4 Å². The highest BCUT2D eigenvalue weighted by molar-refractivity contribution is 7.91.